The average molecular weight is 493 g/mol. The number of carbonyl (C=O) groups excluding carboxylic acids is 3. The van der Waals surface area contributed by atoms with Gasteiger partial charge in [-0.3, -0.25) is 9.59 Å². The van der Waals surface area contributed by atoms with Crippen molar-refractivity contribution in [2.75, 3.05) is 20.7 Å². The SMILES string of the molecule is CNS(=O)(=O)c1cccc(C(=O)OCC(=O)N(C)[C@]2(c3ccccc3Cl)CCCCC2=O)c1. The third kappa shape index (κ3) is 4.95. The molecule has 0 unspecified atom stereocenters. The minimum Gasteiger partial charge on any atom is -0.452 e. The van der Waals surface area contributed by atoms with Gasteiger partial charge in [0.25, 0.3) is 5.91 Å². The number of rotatable bonds is 7. The van der Waals surface area contributed by atoms with E-state index in [4.69, 9.17) is 16.3 Å². The molecule has 1 aliphatic carbocycles. The Labute approximate surface area is 197 Å². The summed E-state index contributed by atoms with van der Waals surface area (Å²) in [5.74, 6) is -1.54. The Hall–Kier alpha value is -2.75. The van der Waals surface area contributed by atoms with Gasteiger partial charge < -0.3 is 9.64 Å². The van der Waals surface area contributed by atoms with E-state index in [0.29, 0.717) is 23.4 Å². The number of nitrogens with zero attached hydrogens (tertiary/aromatic N) is 1. The second kappa shape index (κ2) is 10.0. The lowest BCUT2D eigenvalue weighted by atomic mass is 9.74. The van der Waals surface area contributed by atoms with Crippen LogP contribution in [0.2, 0.25) is 5.02 Å². The fourth-order valence-corrected chi connectivity index (χ4v) is 5.13. The van der Waals surface area contributed by atoms with Gasteiger partial charge in [0.2, 0.25) is 10.0 Å². The minimum absolute atomic E-state index is 0.0173. The smallest absolute Gasteiger partial charge is 0.338 e. The van der Waals surface area contributed by atoms with E-state index < -0.39 is 34.0 Å². The number of ether oxygens (including phenoxy) is 1. The Balaban J connectivity index is 1.81. The maximum absolute atomic E-state index is 13.1. The lowest BCUT2D eigenvalue weighted by Crippen LogP contribution is -2.55. The highest BCUT2D eigenvalue weighted by molar-refractivity contribution is 7.89. The topological polar surface area (TPSA) is 110 Å². The van der Waals surface area contributed by atoms with Crippen LogP contribution in [-0.4, -0.2) is 51.7 Å². The molecule has 0 spiro atoms. The molecule has 1 fully saturated rings. The van der Waals surface area contributed by atoms with Gasteiger partial charge in [-0.25, -0.2) is 17.9 Å². The number of likely N-dealkylation sites (N-methyl/N-ethyl adjacent to an activating group) is 1. The number of Topliss-reactive ketones (excluding diaryl/α,β-unsaturated/α-hetero) is 1. The molecular weight excluding hydrogens is 468 g/mol. The summed E-state index contributed by atoms with van der Waals surface area (Å²) in [7, 11) is -0.982. The number of halogens is 1. The van der Waals surface area contributed by atoms with Crippen molar-refractivity contribution in [3.8, 4) is 0 Å². The fourth-order valence-electron chi connectivity index (χ4n) is 4.06. The van der Waals surface area contributed by atoms with Crippen LogP contribution in [0.4, 0.5) is 0 Å². The molecule has 1 N–H and O–H groups in total. The van der Waals surface area contributed by atoms with E-state index in [-0.39, 0.29) is 16.2 Å². The van der Waals surface area contributed by atoms with Crippen molar-refractivity contribution in [2.24, 2.45) is 0 Å². The van der Waals surface area contributed by atoms with Crippen molar-refractivity contribution >= 4 is 39.3 Å². The van der Waals surface area contributed by atoms with Gasteiger partial charge >= 0.3 is 5.97 Å². The van der Waals surface area contributed by atoms with Crippen molar-refractivity contribution in [2.45, 2.75) is 36.1 Å². The molecule has 1 aliphatic rings. The van der Waals surface area contributed by atoms with Crippen LogP contribution in [0.5, 0.6) is 0 Å². The largest absolute Gasteiger partial charge is 0.452 e. The standard InChI is InChI=1S/C23H25ClN2O6S/c1-25-33(30,31)17-9-7-8-16(14-17)22(29)32-15-21(28)26(2)23(13-6-5-12-20(23)27)18-10-3-4-11-19(18)24/h3-4,7-11,14,25H,5-6,12-13,15H2,1-2H3/t23-/m0/s1. The van der Waals surface area contributed by atoms with Gasteiger partial charge in [-0.15, -0.1) is 0 Å². The van der Waals surface area contributed by atoms with Gasteiger partial charge in [-0.1, -0.05) is 35.9 Å². The number of amides is 1. The van der Waals surface area contributed by atoms with Gasteiger partial charge in [0.1, 0.15) is 5.54 Å². The van der Waals surface area contributed by atoms with Crippen molar-refractivity contribution < 1.29 is 27.5 Å². The minimum atomic E-state index is -3.75. The number of carbonyl (C=O) groups is 3. The van der Waals surface area contributed by atoms with Crippen molar-refractivity contribution in [1.29, 1.82) is 0 Å². The first kappa shape index (κ1) is 24.9. The first-order valence-electron chi connectivity index (χ1n) is 10.4. The number of benzene rings is 2. The lowest BCUT2D eigenvalue weighted by Gasteiger charge is -2.43. The number of sulfonamides is 1. The van der Waals surface area contributed by atoms with Crippen molar-refractivity contribution in [3.63, 3.8) is 0 Å². The molecular formula is C23H25ClN2O6S. The molecule has 1 saturated carbocycles. The maximum atomic E-state index is 13.1. The van der Waals surface area contributed by atoms with Crippen LogP contribution in [0.15, 0.2) is 53.4 Å². The second-order valence-corrected chi connectivity index (χ2v) is 10.0. The number of nitrogens with one attached hydrogen (secondary N) is 1. The van der Waals surface area contributed by atoms with Crippen LogP contribution in [0, 0.1) is 0 Å². The van der Waals surface area contributed by atoms with Gasteiger partial charge in [-0.05, 0) is 50.6 Å². The molecule has 3 rings (SSSR count). The van der Waals surface area contributed by atoms with Crippen LogP contribution < -0.4 is 4.72 Å². The van der Waals surface area contributed by atoms with Gasteiger partial charge in [-0.2, -0.15) is 0 Å². The normalized spacial score (nSPS) is 18.6. The Morgan fingerprint density at radius 2 is 1.88 bits per heavy atom. The molecule has 0 aliphatic heterocycles. The first-order chi connectivity index (χ1) is 15.6. The highest BCUT2D eigenvalue weighted by Gasteiger charge is 2.48. The molecule has 0 saturated heterocycles. The van der Waals surface area contributed by atoms with Crippen LogP contribution >= 0.6 is 11.6 Å². The van der Waals surface area contributed by atoms with E-state index >= 15 is 0 Å². The molecule has 2 aromatic rings. The van der Waals surface area contributed by atoms with E-state index in [1.54, 1.807) is 24.3 Å². The van der Waals surface area contributed by atoms with Crippen molar-refractivity contribution in [1.82, 2.24) is 9.62 Å². The lowest BCUT2D eigenvalue weighted by molar-refractivity contribution is -0.150. The van der Waals surface area contributed by atoms with Gasteiger partial charge in [0.15, 0.2) is 12.4 Å². The number of hydrogen-bond acceptors (Lipinski definition) is 6. The molecule has 176 valence electrons. The summed E-state index contributed by atoms with van der Waals surface area (Å²) >= 11 is 6.40. The predicted molar refractivity (Wildman–Crippen MR) is 122 cm³/mol. The van der Waals surface area contributed by atoms with Crippen LogP contribution in [0.3, 0.4) is 0 Å². The third-order valence-electron chi connectivity index (χ3n) is 5.90. The zero-order chi connectivity index (χ0) is 24.2. The fraction of sp³-hybridized carbons (Fsp3) is 0.348. The monoisotopic (exact) mass is 492 g/mol. The second-order valence-electron chi connectivity index (χ2n) is 7.73. The molecule has 8 nitrogen and oxygen atoms in total. The predicted octanol–water partition coefficient (Wildman–Crippen LogP) is 2.90. The summed E-state index contributed by atoms with van der Waals surface area (Å²) in [4.78, 5) is 39.8. The number of esters is 1. The van der Waals surface area contributed by atoms with E-state index in [0.717, 1.165) is 18.9 Å². The van der Waals surface area contributed by atoms with E-state index in [2.05, 4.69) is 4.72 Å². The summed E-state index contributed by atoms with van der Waals surface area (Å²) in [6.07, 6.45) is 2.19. The van der Waals surface area contributed by atoms with E-state index in [1.165, 1.54) is 37.2 Å². The highest BCUT2D eigenvalue weighted by Crippen LogP contribution is 2.42. The Kier molecular flexibility index (Phi) is 7.56. The van der Waals surface area contributed by atoms with Gasteiger partial charge in [0.05, 0.1) is 10.5 Å². The van der Waals surface area contributed by atoms with E-state index in [9.17, 15) is 22.8 Å². The molecule has 0 bridgehead atoms. The van der Waals surface area contributed by atoms with Crippen LogP contribution in [0.1, 0.15) is 41.6 Å². The molecule has 33 heavy (non-hydrogen) atoms. The summed E-state index contributed by atoms with van der Waals surface area (Å²) in [6, 6.07) is 12.2. The summed E-state index contributed by atoms with van der Waals surface area (Å²) in [5.41, 5.74) is -0.708. The number of ketones is 1. The molecule has 10 heteroatoms. The maximum Gasteiger partial charge on any atom is 0.338 e. The molecule has 0 heterocycles. The number of hydrogen-bond donors (Lipinski definition) is 1. The Morgan fingerprint density at radius 3 is 2.55 bits per heavy atom. The van der Waals surface area contributed by atoms with Crippen molar-refractivity contribution in [3.05, 3.63) is 64.7 Å². The molecule has 1 amide bonds. The summed E-state index contributed by atoms with van der Waals surface area (Å²) in [5, 5.41) is 0.381. The Morgan fingerprint density at radius 1 is 1.15 bits per heavy atom. The average Bonchev–Trinajstić information content (AvgIpc) is 2.83. The zero-order valence-corrected chi connectivity index (χ0v) is 19.9. The Bertz CT molecular complexity index is 1180. The summed E-state index contributed by atoms with van der Waals surface area (Å²) < 4.78 is 31.3. The third-order valence-corrected chi connectivity index (χ3v) is 7.64. The summed E-state index contributed by atoms with van der Waals surface area (Å²) in [6.45, 7) is -0.613. The van der Waals surface area contributed by atoms with E-state index in [1.807, 2.05) is 0 Å². The van der Waals surface area contributed by atoms with Gasteiger partial charge in [0, 0.05) is 24.1 Å². The van der Waals surface area contributed by atoms with Crippen LogP contribution in [0.25, 0.3) is 0 Å². The zero-order valence-electron chi connectivity index (χ0n) is 18.3. The first-order valence-corrected chi connectivity index (χ1v) is 12.3. The highest BCUT2D eigenvalue weighted by atomic mass is 35.5. The van der Waals surface area contributed by atoms with Crippen LogP contribution in [-0.2, 0) is 29.9 Å². The quantitative estimate of drug-likeness (QED) is 0.595. The molecule has 1 atom stereocenters. The molecule has 0 aromatic heterocycles. The molecule has 0 radical (unpaired) electrons. The molecule has 2 aromatic carbocycles.